The molecule has 2 aromatic rings. The van der Waals surface area contributed by atoms with Crippen LogP contribution in [0.3, 0.4) is 0 Å². The van der Waals surface area contributed by atoms with Crippen molar-refractivity contribution in [2.24, 2.45) is 5.73 Å². The van der Waals surface area contributed by atoms with E-state index in [0.717, 1.165) is 0 Å². The zero-order valence-corrected chi connectivity index (χ0v) is 21.2. The summed E-state index contributed by atoms with van der Waals surface area (Å²) in [6, 6.07) is 3.64. The lowest BCUT2D eigenvalue weighted by Gasteiger charge is -2.42. The van der Waals surface area contributed by atoms with E-state index in [9.17, 15) is 39.9 Å². The Hall–Kier alpha value is -3.39. The molecule has 1 heterocycles. The number of ketones is 3. The maximum Gasteiger partial charge on any atom is 0.202 e. The summed E-state index contributed by atoms with van der Waals surface area (Å²) in [5.74, 6) is -3.77. The highest BCUT2D eigenvalue weighted by Gasteiger charge is 2.50. The van der Waals surface area contributed by atoms with Gasteiger partial charge in [0.25, 0.3) is 0 Å². The van der Waals surface area contributed by atoms with Gasteiger partial charge in [0.2, 0.25) is 5.78 Å². The molecule has 0 saturated carbocycles. The van der Waals surface area contributed by atoms with Gasteiger partial charge in [0.1, 0.15) is 29.5 Å². The van der Waals surface area contributed by atoms with Crippen molar-refractivity contribution in [3.05, 3.63) is 51.6 Å². The van der Waals surface area contributed by atoms with Gasteiger partial charge in [-0.15, -0.1) is 0 Å². The van der Waals surface area contributed by atoms with E-state index < -0.39 is 95.7 Å². The van der Waals surface area contributed by atoms with E-state index in [1.54, 1.807) is 6.92 Å². The minimum atomic E-state index is -2.24. The molecule has 7 N–H and O–H groups in total. The lowest BCUT2D eigenvalue weighted by molar-refractivity contribution is -0.247. The molecule has 3 aliphatic rings. The fraction of sp³-hybridized carbons (Fsp3) is 0.444. The van der Waals surface area contributed by atoms with E-state index in [4.69, 9.17) is 19.9 Å². The number of methoxy groups -OCH3 is 1. The lowest BCUT2D eigenvalue weighted by Crippen LogP contribution is -2.53. The van der Waals surface area contributed by atoms with Crippen LogP contribution in [-0.4, -0.2) is 86.7 Å². The van der Waals surface area contributed by atoms with Crippen LogP contribution in [0.25, 0.3) is 0 Å². The van der Waals surface area contributed by atoms with Gasteiger partial charge < -0.3 is 45.5 Å². The molecular formula is C27H29NO11. The molecule has 12 nitrogen and oxygen atoms in total. The average Bonchev–Trinajstić information content (AvgIpc) is 2.90. The SMILES string of the molecule is COc1cccc2c1C(=O)c1c(O)c3c(c(O)c1C2=O)C[C@](O)(C(=O)CO)C[C@@H]3OC1CC(N)C(O)C(C)O1. The molecule has 1 saturated heterocycles. The Balaban J connectivity index is 1.69. The number of fused-ring (bicyclic) bond motifs is 3. The number of carbonyl (C=O) groups excluding carboxylic acids is 3. The molecule has 2 aromatic carbocycles. The molecule has 1 aliphatic heterocycles. The first kappa shape index (κ1) is 27.2. The number of phenols is 2. The second-order valence-corrected chi connectivity index (χ2v) is 10.2. The van der Waals surface area contributed by atoms with Crippen molar-refractivity contribution in [1.82, 2.24) is 0 Å². The second kappa shape index (κ2) is 9.66. The second-order valence-electron chi connectivity index (χ2n) is 10.2. The molecule has 208 valence electrons. The number of aliphatic hydroxyl groups is 3. The molecule has 12 heteroatoms. The summed E-state index contributed by atoms with van der Waals surface area (Å²) in [5, 5.41) is 53.7. The highest BCUT2D eigenvalue weighted by atomic mass is 16.7. The Labute approximate surface area is 222 Å². The summed E-state index contributed by atoms with van der Waals surface area (Å²) in [7, 11) is 1.32. The summed E-state index contributed by atoms with van der Waals surface area (Å²) in [6.45, 7) is 0.560. The summed E-state index contributed by atoms with van der Waals surface area (Å²) >= 11 is 0. The van der Waals surface area contributed by atoms with Gasteiger partial charge in [-0.1, -0.05) is 12.1 Å². The van der Waals surface area contributed by atoms with Crippen LogP contribution in [0.5, 0.6) is 17.2 Å². The number of phenolic OH excluding ortho intramolecular Hbond substituents is 2. The van der Waals surface area contributed by atoms with Gasteiger partial charge in [-0.05, 0) is 13.0 Å². The summed E-state index contributed by atoms with van der Waals surface area (Å²) in [6.07, 6.45) is -5.12. The number of aromatic hydroxyl groups is 2. The standard InChI is InChI=1S/C27H29NO11/c1-10-22(31)13(28)6-17(38-10)39-15-8-27(36,16(30)9-29)7-12-19(15)26(35)21-20(24(12)33)23(32)11-4-3-5-14(37-2)18(11)25(21)34/h3-5,10,13,15,17,22,29,31,33,35-36H,6-9,28H2,1-2H3/t10?,13?,15-,17?,22?,27+/m0/s1. The molecule has 2 aliphatic carbocycles. The topological polar surface area (TPSA) is 206 Å². The summed E-state index contributed by atoms with van der Waals surface area (Å²) in [4.78, 5) is 39.7. The zero-order chi connectivity index (χ0) is 28.4. The third-order valence-electron chi connectivity index (χ3n) is 7.81. The molecule has 0 amide bonds. The van der Waals surface area contributed by atoms with Gasteiger partial charge >= 0.3 is 0 Å². The number of benzene rings is 2. The number of hydrogen-bond donors (Lipinski definition) is 6. The predicted octanol–water partition coefficient (Wildman–Crippen LogP) is 0.00130. The number of aliphatic hydroxyl groups excluding tert-OH is 2. The largest absolute Gasteiger partial charge is 0.507 e. The maximum atomic E-state index is 13.6. The van der Waals surface area contributed by atoms with Gasteiger partial charge in [0, 0.05) is 42.0 Å². The van der Waals surface area contributed by atoms with Crippen molar-refractivity contribution in [2.75, 3.05) is 13.7 Å². The van der Waals surface area contributed by atoms with Crippen LogP contribution >= 0.6 is 0 Å². The molecule has 0 aromatic heterocycles. The third-order valence-corrected chi connectivity index (χ3v) is 7.81. The Bertz CT molecular complexity index is 1380. The fourth-order valence-electron chi connectivity index (χ4n) is 5.75. The molecule has 0 bridgehead atoms. The predicted molar refractivity (Wildman–Crippen MR) is 132 cm³/mol. The number of nitrogens with two attached hydrogens (primary N) is 1. The Kier molecular flexibility index (Phi) is 6.74. The molecule has 6 atom stereocenters. The van der Waals surface area contributed by atoms with Crippen molar-refractivity contribution in [1.29, 1.82) is 0 Å². The smallest absolute Gasteiger partial charge is 0.202 e. The van der Waals surface area contributed by atoms with Crippen LogP contribution in [0, 0.1) is 0 Å². The minimum absolute atomic E-state index is 0.0173. The number of carbonyl (C=O) groups is 3. The third kappa shape index (κ3) is 4.11. The van der Waals surface area contributed by atoms with E-state index >= 15 is 0 Å². The number of ether oxygens (including phenoxy) is 3. The van der Waals surface area contributed by atoms with Crippen molar-refractivity contribution < 1.29 is 54.1 Å². The molecule has 0 radical (unpaired) electrons. The van der Waals surface area contributed by atoms with Crippen molar-refractivity contribution in [2.45, 2.75) is 62.4 Å². The molecule has 5 rings (SSSR count). The number of hydrogen-bond acceptors (Lipinski definition) is 12. The molecule has 39 heavy (non-hydrogen) atoms. The first-order chi connectivity index (χ1) is 18.4. The zero-order valence-electron chi connectivity index (χ0n) is 21.2. The maximum absolute atomic E-state index is 13.6. The van der Waals surface area contributed by atoms with Crippen LogP contribution < -0.4 is 10.5 Å². The number of Topliss-reactive ketones (excluding diaryl/α,β-unsaturated/α-hetero) is 1. The van der Waals surface area contributed by atoms with Gasteiger partial charge in [-0.3, -0.25) is 14.4 Å². The van der Waals surface area contributed by atoms with Crippen LogP contribution in [-0.2, 0) is 20.7 Å². The van der Waals surface area contributed by atoms with E-state index in [2.05, 4.69) is 0 Å². The Morgan fingerprint density at radius 3 is 2.49 bits per heavy atom. The summed E-state index contributed by atoms with van der Waals surface area (Å²) in [5.41, 5.74) is 2.37. The monoisotopic (exact) mass is 543 g/mol. The molecule has 1 fully saturated rings. The molecule has 4 unspecified atom stereocenters. The van der Waals surface area contributed by atoms with Crippen molar-refractivity contribution in [3.63, 3.8) is 0 Å². The first-order valence-corrected chi connectivity index (χ1v) is 12.4. The van der Waals surface area contributed by atoms with Crippen LogP contribution in [0.2, 0.25) is 0 Å². The van der Waals surface area contributed by atoms with E-state index in [0.29, 0.717) is 0 Å². The Morgan fingerprint density at radius 1 is 1.15 bits per heavy atom. The lowest BCUT2D eigenvalue weighted by atomic mass is 9.72. The van der Waals surface area contributed by atoms with E-state index in [1.165, 1.54) is 25.3 Å². The van der Waals surface area contributed by atoms with Crippen LogP contribution in [0.1, 0.15) is 68.8 Å². The fourth-order valence-corrected chi connectivity index (χ4v) is 5.75. The highest BCUT2D eigenvalue weighted by Crippen LogP contribution is 2.52. The quantitative estimate of drug-likeness (QED) is 0.235. The minimum Gasteiger partial charge on any atom is -0.507 e. The first-order valence-electron chi connectivity index (χ1n) is 12.4. The van der Waals surface area contributed by atoms with Crippen LogP contribution in [0.4, 0.5) is 0 Å². The summed E-state index contributed by atoms with van der Waals surface area (Å²) < 4.78 is 17.0. The molecule has 0 spiro atoms. The normalized spacial score (nSPS) is 29.8. The van der Waals surface area contributed by atoms with Crippen LogP contribution in [0.15, 0.2) is 18.2 Å². The average molecular weight is 544 g/mol. The van der Waals surface area contributed by atoms with Gasteiger partial charge in [0.05, 0.1) is 42.1 Å². The van der Waals surface area contributed by atoms with E-state index in [-0.39, 0.29) is 34.4 Å². The van der Waals surface area contributed by atoms with Gasteiger partial charge in [-0.25, -0.2) is 0 Å². The van der Waals surface area contributed by atoms with Gasteiger partial charge in [-0.2, -0.15) is 0 Å². The Morgan fingerprint density at radius 2 is 1.85 bits per heavy atom. The number of rotatable bonds is 5. The van der Waals surface area contributed by atoms with Gasteiger partial charge in [0.15, 0.2) is 17.9 Å². The van der Waals surface area contributed by atoms with Crippen molar-refractivity contribution >= 4 is 17.3 Å². The highest BCUT2D eigenvalue weighted by molar-refractivity contribution is 6.31. The van der Waals surface area contributed by atoms with E-state index in [1.807, 2.05) is 0 Å². The van der Waals surface area contributed by atoms with Crippen molar-refractivity contribution in [3.8, 4) is 17.2 Å². The molecular weight excluding hydrogens is 514 g/mol.